The number of hydrogen-bond donors (Lipinski definition) is 1. The van der Waals surface area contributed by atoms with Crippen molar-refractivity contribution >= 4 is 11.6 Å². The van der Waals surface area contributed by atoms with Crippen LogP contribution in [-0.2, 0) is 4.74 Å². The van der Waals surface area contributed by atoms with Gasteiger partial charge >= 0.3 is 5.38 Å². The van der Waals surface area contributed by atoms with Crippen LogP contribution in [0.2, 0.25) is 0 Å². The van der Waals surface area contributed by atoms with Crippen molar-refractivity contribution in [1.29, 1.82) is 0 Å². The van der Waals surface area contributed by atoms with Gasteiger partial charge in [0.05, 0.1) is 5.60 Å². The van der Waals surface area contributed by atoms with E-state index in [2.05, 4.69) is 11.6 Å². The molecule has 0 saturated heterocycles. The van der Waals surface area contributed by atoms with Crippen molar-refractivity contribution in [3.63, 3.8) is 0 Å². The molecule has 5 heteroatoms. The second-order valence-corrected chi connectivity index (χ2v) is 4.06. The molecule has 2 nitrogen and oxygen atoms in total. The Morgan fingerprint density at radius 3 is 2.23 bits per heavy atom. The number of ether oxygens (including phenoxy) is 1. The summed E-state index contributed by atoms with van der Waals surface area (Å²) in [6.07, 6.45) is -1.58. The van der Waals surface area contributed by atoms with Gasteiger partial charge in [0.25, 0.3) is 0 Å². The Morgan fingerprint density at radius 2 is 1.92 bits per heavy atom. The van der Waals surface area contributed by atoms with Crippen LogP contribution < -0.4 is 0 Å². The molecule has 0 radical (unpaired) electrons. The number of alkyl halides is 3. The Kier molecular flexibility index (Phi) is 4.55. The molecule has 0 aliphatic rings. The Bertz CT molecular complexity index is 157. The van der Waals surface area contributed by atoms with Gasteiger partial charge in [-0.15, -0.1) is 0 Å². The topological polar surface area (TPSA) is 29.5 Å². The zero-order valence-corrected chi connectivity index (χ0v) is 8.74. The van der Waals surface area contributed by atoms with Gasteiger partial charge in [-0.05, 0) is 38.3 Å². The number of aliphatic hydroxyl groups is 1. The maximum Gasteiger partial charge on any atom is 0.347 e. The maximum absolute atomic E-state index is 12.3. The third-order valence-electron chi connectivity index (χ3n) is 1.95. The molecular formula is C8H15ClF2O2. The molecule has 0 saturated carbocycles. The highest BCUT2D eigenvalue weighted by Crippen LogP contribution is 2.28. The molecule has 0 aromatic heterocycles. The average molecular weight is 217 g/mol. The first-order valence-corrected chi connectivity index (χ1v) is 4.37. The van der Waals surface area contributed by atoms with Gasteiger partial charge in [0.15, 0.2) is 0 Å². The number of hydrogen-bond acceptors (Lipinski definition) is 2. The summed E-state index contributed by atoms with van der Waals surface area (Å²) in [7, 11) is 1.49. The summed E-state index contributed by atoms with van der Waals surface area (Å²) in [6, 6.07) is 0. The minimum atomic E-state index is -3.55. The standard InChI is InChI=1S/C8H15ClF2O2/c1-7(2,13-3)5-4-6(12)8(9,10)11/h6,12H,4-5H2,1-3H3. The minimum Gasteiger partial charge on any atom is -0.385 e. The Balaban J connectivity index is 3.90. The number of methoxy groups -OCH3 is 1. The molecule has 0 heterocycles. The second kappa shape index (κ2) is 4.53. The molecule has 0 aromatic carbocycles. The molecule has 0 aliphatic carbocycles. The minimum absolute atomic E-state index is 0.0860. The lowest BCUT2D eigenvalue weighted by molar-refractivity contribution is -0.0609. The molecule has 80 valence electrons. The van der Waals surface area contributed by atoms with E-state index < -0.39 is 17.1 Å². The fraction of sp³-hybridized carbons (Fsp3) is 1.00. The molecule has 0 aromatic rings. The Morgan fingerprint density at radius 1 is 1.46 bits per heavy atom. The van der Waals surface area contributed by atoms with Crippen LogP contribution in [0.4, 0.5) is 8.78 Å². The summed E-state index contributed by atoms with van der Waals surface area (Å²) in [5.41, 5.74) is -0.511. The highest BCUT2D eigenvalue weighted by molar-refractivity contribution is 6.22. The zero-order chi connectivity index (χ0) is 10.7. The summed E-state index contributed by atoms with van der Waals surface area (Å²) in [5.74, 6) is 0. The summed E-state index contributed by atoms with van der Waals surface area (Å²) in [4.78, 5) is 0. The molecular weight excluding hydrogens is 202 g/mol. The van der Waals surface area contributed by atoms with Crippen molar-refractivity contribution in [1.82, 2.24) is 0 Å². The van der Waals surface area contributed by atoms with Gasteiger partial charge in [0.1, 0.15) is 6.10 Å². The van der Waals surface area contributed by atoms with E-state index in [0.29, 0.717) is 6.42 Å². The smallest absolute Gasteiger partial charge is 0.347 e. The number of halogens is 3. The van der Waals surface area contributed by atoms with E-state index in [-0.39, 0.29) is 6.42 Å². The normalized spacial score (nSPS) is 15.9. The quantitative estimate of drug-likeness (QED) is 0.715. The van der Waals surface area contributed by atoms with Gasteiger partial charge in [-0.3, -0.25) is 0 Å². The van der Waals surface area contributed by atoms with Crippen molar-refractivity contribution in [2.75, 3.05) is 7.11 Å². The lowest BCUT2D eigenvalue weighted by Crippen LogP contribution is -2.31. The van der Waals surface area contributed by atoms with E-state index in [4.69, 9.17) is 9.84 Å². The molecule has 0 spiro atoms. The van der Waals surface area contributed by atoms with Gasteiger partial charge < -0.3 is 9.84 Å². The van der Waals surface area contributed by atoms with Crippen molar-refractivity contribution < 1.29 is 18.6 Å². The van der Waals surface area contributed by atoms with E-state index >= 15 is 0 Å². The second-order valence-electron chi connectivity index (χ2n) is 3.56. The van der Waals surface area contributed by atoms with Crippen LogP contribution in [0.15, 0.2) is 0 Å². The molecule has 0 fully saturated rings. The molecule has 1 atom stereocenters. The molecule has 13 heavy (non-hydrogen) atoms. The third kappa shape index (κ3) is 5.39. The van der Waals surface area contributed by atoms with Crippen LogP contribution in [0, 0.1) is 0 Å². The van der Waals surface area contributed by atoms with E-state index in [0.717, 1.165) is 0 Å². The van der Waals surface area contributed by atoms with E-state index in [9.17, 15) is 8.78 Å². The summed E-state index contributed by atoms with van der Waals surface area (Å²) in [6.45, 7) is 3.51. The Hall–Kier alpha value is 0.0700. The number of aliphatic hydroxyl groups excluding tert-OH is 1. The highest BCUT2D eigenvalue weighted by atomic mass is 35.5. The first-order valence-electron chi connectivity index (χ1n) is 3.99. The fourth-order valence-corrected chi connectivity index (χ4v) is 0.859. The van der Waals surface area contributed by atoms with Crippen LogP contribution >= 0.6 is 11.6 Å². The SMILES string of the molecule is COC(C)(C)CCC(O)C(F)(F)Cl. The first-order chi connectivity index (χ1) is 5.69. The maximum atomic E-state index is 12.3. The predicted octanol–water partition coefficient (Wildman–Crippen LogP) is 2.38. The molecule has 1 N–H and O–H groups in total. The van der Waals surface area contributed by atoms with Crippen molar-refractivity contribution in [3.8, 4) is 0 Å². The van der Waals surface area contributed by atoms with Gasteiger partial charge in [-0.1, -0.05) is 0 Å². The van der Waals surface area contributed by atoms with Crippen molar-refractivity contribution in [2.45, 2.75) is 43.8 Å². The number of rotatable bonds is 5. The van der Waals surface area contributed by atoms with Crippen LogP contribution in [0.5, 0.6) is 0 Å². The molecule has 1 unspecified atom stereocenters. The monoisotopic (exact) mass is 216 g/mol. The van der Waals surface area contributed by atoms with Crippen LogP contribution in [0.25, 0.3) is 0 Å². The third-order valence-corrected chi connectivity index (χ3v) is 2.20. The highest BCUT2D eigenvalue weighted by Gasteiger charge is 2.36. The van der Waals surface area contributed by atoms with Crippen LogP contribution in [0.3, 0.4) is 0 Å². The Labute approximate surface area is 81.8 Å². The van der Waals surface area contributed by atoms with Gasteiger partial charge in [0, 0.05) is 7.11 Å². The van der Waals surface area contributed by atoms with Crippen molar-refractivity contribution in [2.24, 2.45) is 0 Å². The van der Waals surface area contributed by atoms with Gasteiger partial charge in [-0.2, -0.15) is 8.78 Å². The lowest BCUT2D eigenvalue weighted by atomic mass is 10.0. The predicted molar refractivity (Wildman–Crippen MR) is 47.1 cm³/mol. The first kappa shape index (κ1) is 13.1. The van der Waals surface area contributed by atoms with Crippen LogP contribution in [-0.4, -0.2) is 29.3 Å². The van der Waals surface area contributed by atoms with Crippen molar-refractivity contribution in [3.05, 3.63) is 0 Å². The zero-order valence-electron chi connectivity index (χ0n) is 7.98. The fourth-order valence-electron chi connectivity index (χ4n) is 0.750. The molecule has 0 aliphatic heterocycles. The molecule has 0 bridgehead atoms. The molecule has 0 rings (SSSR count). The average Bonchev–Trinajstić information content (AvgIpc) is 1.98. The largest absolute Gasteiger partial charge is 0.385 e. The van der Waals surface area contributed by atoms with E-state index in [1.54, 1.807) is 13.8 Å². The summed E-state index contributed by atoms with van der Waals surface area (Å²) < 4.78 is 29.5. The van der Waals surface area contributed by atoms with Gasteiger partial charge in [0.2, 0.25) is 0 Å². The lowest BCUT2D eigenvalue weighted by Gasteiger charge is -2.25. The summed E-state index contributed by atoms with van der Waals surface area (Å²) in [5, 5.41) is 5.36. The molecule has 0 amide bonds. The summed E-state index contributed by atoms with van der Waals surface area (Å²) >= 11 is 4.63. The van der Waals surface area contributed by atoms with Gasteiger partial charge in [-0.25, -0.2) is 0 Å². The van der Waals surface area contributed by atoms with E-state index in [1.807, 2.05) is 0 Å². The van der Waals surface area contributed by atoms with E-state index in [1.165, 1.54) is 7.11 Å². The van der Waals surface area contributed by atoms with Crippen LogP contribution in [0.1, 0.15) is 26.7 Å².